The number of hydrogen-bond donors (Lipinski definition) is 3. The number of thioether (sulfide) groups is 1. The van der Waals surface area contributed by atoms with Crippen LogP contribution in [0.4, 0.5) is 0 Å². The van der Waals surface area contributed by atoms with Crippen LogP contribution in [0.3, 0.4) is 0 Å². The van der Waals surface area contributed by atoms with Crippen molar-refractivity contribution in [3.8, 4) is 0 Å². The third-order valence-electron chi connectivity index (χ3n) is 9.04. The Morgan fingerprint density at radius 3 is 2.37 bits per heavy atom. The van der Waals surface area contributed by atoms with Crippen molar-refractivity contribution in [3.63, 3.8) is 0 Å². The summed E-state index contributed by atoms with van der Waals surface area (Å²) in [6.07, 6.45) is 7.20. The molecule has 0 aromatic rings. The lowest BCUT2D eigenvalue weighted by atomic mass is 9.75. The van der Waals surface area contributed by atoms with Crippen molar-refractivity contribution in [3.05, 3.63) is 0 Å². The minimum atomic E-state index is -0.0466. The van der Waals surface area contributed by atoms with Crippen LogP contribution in [0.25, 0.3) is 0 Å². The first-order valence-corrected chi connectivity index (χ1v) is 15.0. The lowest BCUT2D eigenvalue weighted by molar-refractivity contribution is -0.170. The summed E-state index contributed by atoms with van der Waals surface area (Å²) in [6, 6.07) is 0.541. The van der Waals surface area contributed by atoms with E-state index in [1.54, 1.807) is 0 Å². The Morgan fingerprint density at radius 1 is 0.914 bits per heavy atom. The van der Waals surface area contributed by atoms with Gasteiger partial charge in [-0.1, -0.05) is 0 Å². The second-order valence-corrected chi connectivity index (χ2v) is 12.3. The molecule has 6 fully saturated rings. The van der Waals surface area contributed by atoms with Crippen LogP contribution in [0, 0.1) is 11.8 Å². The van der Waals surface area contributed by atoms with E-state index in [1.807, 2.05) is 11.8 Å². The molecule has 5 heterocycles. The third-order valence-corrected chi connectivity index (χ3v) is 10.5. The topological polar surface area (TPSA) is 87.3 Å². The highest BCUT2D eigenvalue weighted by Crippen LogP contribution is 2.46. The summed E-state index contributed by atoms with van der Waals surface area (Å²) < 4.78 is 17.7. The van der Waals surface area contributed by atoms with E-state index in [0.29, 0.717) is 36.2 Å². The molecule has 0 amide bonds. The molecule has 0 aromatic carbocycles. The van der Waals surface area contributed by atoms with Gasteiger partial charge in [-0.3, -0.25) is 30.5 Å². The highest BCUT2D eigenvalue weighted by molar-refractivity contribution is 8.01. The van der Waals surface area contributed by atoms with Crippen molar-refractivity contribution < 1.29 is 19.0 Å². The maximum Gasteiger partial charge on any atom is 0.152 e. The van der Waals surface area contributed by atoms with E-state index >= 15 is 0 Å². The van der Waals surface area contributed by atoms with E-state index in [4.69, 9.17) is 14.2 Å². The molecule has 0 bridgehead atoms. The monoisotopic (exact) mass is 509 g/mol. The fourth-order valence-corrected chi connectivity index (χ4v) is 8.64. The molecule has 6 rings (SSSR count). The Bertz CT molecular complexity index is 714. The highest BCUT2D eigenvalue weighted by atomic mass is 32.2. The Kier molecular flexibility index (Phi) is 8.30. The molecule has 0 aromatic heterocycles. The second-order valence-electron chi connectivity index (χ2n) is 11.1. The summed E-state index contributed by atoms with van der Waals surface area (Å²) in [7, 11) is 0. The summed E-state index contributed by atoms with van der Waals surface area (Å²) in [5, 5.41) is 11.3. The van der Waals surface area contributed by atoms with Crippen LogP contribution >= 0.6 is 11.8 Å². The van der Waals surface area contributed by atoms with Crippen LogP contribution < -0.4 is 16.0 Å². The van der Waals surface area contributed by atoms with Crippen molar-refractivity contribution in [2.75, 3.05) is 64.9 Å². The van der Waals surface area contributed by atoms with Crippen molar-refractivity contribution >= 4 is 17.5 Å². The SMILES string of the molecule is O=C1CC(N2CCOCC2)OC2C1SCC2C1CCC(NC2NCCC(N3CCOCC3)N2)CC1. The minimum Gasteiger partial charge on any atom is -0.379 e. The molecule has 6 unspecified atom stereocenters. The number of morpholine rings is 2. The van der Waals surface area contributed by atoms with Crippen LogP contribution in [-0.2, 0) is 19.0 Å². The van der Waals surface area contributed by atoms with Crippen LogP contribution in [0.1, 0.15) is 38.5 Å². The van der Waals surface area contributed by atoms with Gasteiger partial charge in [0.15, 0.2) is 5.78 Å². The average molecular weight is 510 g/mol. The summed E-state index contributed by atoms with van der Waals surface area (Å²) in [5.41, 5.74) is 0. The van der Waals surface area contributed by atoms with Crippen molar-refractivity contribution in [2.45, 2.75) is 74.6 Å². The maximum absolute atomic E-state index is 13.0. The zero-order chi connectivity index (χ0) is 23.6. The number of fused-ring (bicyclic) bond motifs is 1. The predicted molar refractivity (Wildman–Crippen MR) is 135 cm³/mol. The highest BCUT2D eigenvalue weighted by Gasteiger charge is 2.50. The molecule has 0 radical (unpaired) electrons. The van der Waals surface area contributed by atoms with Crippen LogP contribution in [-0.4, -0.2) is 117 Å². The molecule has 5 saturated heterocycles. The van der Waals surface area contributed by atoms with Crippen molar-refractivity contribution in [1.29, 1.82) is 0 Å². The molecule has 1 aliphatic carbocycles. The fraction of sp³-hybridized carbons (Fsp3) is 0.960. The van der Waals surface area contributed by atoms with E-state index in [9.17, 15) is 4.79 Å². The molecule has 5 aliphatic heterocycles. The molecule has 6 aliphatic rings. The van der Waals surface area contributed by atoms with Gasteiger partial charge >= 0.3 is 0 Å². The van der Waals surface area contributed by atoms with Gasteiger partial charge in [0.2, 0.25) is 0 Å². The zero-order valence-corrected chi connectivity index (χ0v) is 21.7. The second kappa shape index (κ2) is 11.6. The first-order chi connectivity index (χ1) is 17.2. The minimum absolute atomic E-state index is 0.0466. The Hall–Kier alpha value is -0.300. The number of carbonyl (C=O) groups is 1. The van der Waals surface area contributed by atoms with Crippen LogP contribution in [0.2, 0.25) is 0 Å². The van der Waals surface area contributed by atoms with Crippen molar-refractivity contribution in [1.82, 2.24) is 25.8 Å². The number of ketones is 1. The molecule has 3 N–H and O–H groups in total. The average Bonchev–Trinajstić information content (AvgIpc) is 3.35. The number of nitrogens with one attached hydrogen (secondary N) is 3. The maximum atomic E-state index is 13.0. The van der Waals surface area contributed by atoms with Gasteiger partial charge in [0.05, 0.1) is 43.9 Å². The molecule has 1 saturated carbocycles. The molecular formula is C25H43N5O4S. The number of nitrogens with zero attached hydrogens (tertiary/aromatic N) is 2. The van der Waals surface area contributed by atoms with E-state index in [2.05, 4.69) is 25.8 Å². The molecule has 6 atom stereocenters. The number of carbonyl (C=O) groups excluding carboxylic acids is 1. The van der Waals surface area contributed by atoms with Gasteiger partial charge in [0, 0.05) is 45.2 Å². The molecule has 35 heavy (non-hydrogen) atoms. The van der Waals surface area contributed by atoms with E-state index in [-0.39, 0.29) is 23.9 Å². The third kappa shape index (κ3) is 5.76. The normalized spacial score (nSPS) is 44.3. The lowest BCUT2D eigenvalue weighted by Crippen LogP contribution is -2.67. The summed E-state index contributed by atoms with van der Waals surface area (Å²) in [4.78, 5) is 17.8. The first kappa shape index (κ1) is 25.0. The number of hydrogen-bond acceptors (Lipinski definition) is 10. The van der Waals surface area contributed by atoms with Gasteiger partial charge in [-0.05, 0) is 49.7 Å². The molecule has 10 heteroatoms. The van der Waals surface area contributed by atoms with Gasteiger partial charge in [0.25, 0.3) is 0 Å². The fourth-order valence-electron chi connectivity index (χ4n) is 7.01. The lowest BCUT2D eigenvalue weighted by Gasteiger charge is -2.44. The summed E-state index contributed by atoms with van der Waals surface area (Å²) >= 11 is 1.86. The van der Waals surface area contributed by atoms with Crippen LogP contribution in [0.5, 0.6) is 0 Å². The van der Waals surface area contributed by atoms with Gasteiger partial charge in [0.1, 0.15) is 12.5 Å². The zero-order valence-electron chi connectivity index (χ0n) is 20.9. The van der Waals surface area contributed by atoms with Crippen LogP contribution in [0.15, 0.2) is 0 Å². The Morgan fingerprint density at radius 2 is 1.63 bits per heavy atom. The van der Waals surface area contributed by atoms with E-state index in [0.717, 1.165) is 71.3 Å². The summed E-state index contributed by atoms with van der Waals surface area (Å²) in [5.74, 6) is 2.66. The van der Waals surface area contributed by atoms with Crippen molar-refractivity contribution in [2.24, 2.45) is 11.8 Å². The molecule has 0 spiro atoms. The van der Waals surface area contributed by atoms with Gasteiger partial charge in [-0.2, -0.15) is 0 Å². The predicted octanol–water partition coefficient (Wildman–Crippen LogP) is 0.408. The van der Waals surface area contributed by atoms with Gasteiger partial charge in [-0.15, -0.1) is 11.8 Å². The Balaban J connectivity index is 0.992. The first-order valence-electron chi connectivity index (χ1n) is 13.9. The number of ether oxygens (including phenoxy) is 3. The van der Waals surface area contributed by atoms with E-state index in [1.165, 1.54) is 25.7 Å². The largest absolute Gasteiger partial charge is 0.379 e. The standard InChI is InChI=1S/C25H43N5O4S/c31-20-15-22(30-9-13-33-14-10-30)34-23-19(16-35-24(20)23)17-1-3-18(4-2-17)27-25-26-6-5-21(28-25)29-7-11-32-12-8-29/h17-19,21-28H,1-16H2. The molecule has 198 valence electrons. The molecular weight excluding hydrogens is 466 g/mol. The Labute approximate surface area is 213 Å². The smallest absolute Gasteiger partial charge is 0.152 e. The number of Topliss-reactive ketones (excluding diaryl/α,β-unsaturated/α-hetero) is 1. The quantitative estimate of drug-likeness (QED) is 0.484. The van der Waals surface area contributed by atoms with E-state index < -0.39 is 0 Å². The van der Waals surface area contributed by atoms with Gasteiger partial charge in [-0.25, -0.2) is 0 Å². The molecule has 9 nitrogen and oxygen atoms in total. The van der Waals surface area contributed by atoms with Gasteiger partial charge < -0.3 is 14.2 Å². The number of rotatable bonds is 5. The summed E-state index contributed by atoms with van der Waals surface area (Å²) in [6.45, 7) is 8.01.